The second-order valence-electron chi connectivity index (χ2n) is 4.55. The van der Waals surface area contributed by atoms with E-state index in [0.29, 0.717) is 19.8 Å². The Hall–Kier alpha value is -0.130. The van der Waals surface area contributed by atoms with Crippen LogP contribution in [0.5, 0.6) is 0 Å². The SMILES string of the molecule is COC1(CNC(=O)C(Br)C(C)C)CCOC1. The number of carbonyl (C=O) groups is 1. The van der Waals surface area contributed by atoms with Crippen molar-refractivity contribution in [2.45, 2.75) is 30.7 Å². The fraction of sp³-hybridized carbons (Fsp3) is 0.909. The molecule has 1 amide bonds. The van der Waals surface area contributed by atoms with Gasteiger partial charge in [0.05, 0.1) is 11.4 Å². The van der Waals surface area contributed by atoms with E-state index >= 15 is 0 Å². The summed E-state index contributed by atoms with van der Waals surface area (Å²) in [6.07, 6.45) is 0.832. The number of ether oxygens (including phenoxy) is 2. The van der Waals surface area contributed by atoms with E-state index in [4.69, 9.17) is 9.47 Å². The predicted molar refractivity (Wildman–Crippen MR) is 65.7 cm³/mol. The molecule has 0 radical (unpaired) electrons. The summed E-state index contributed by atoms with van der Waals surface area (Å²) >= 11 is 3.37. The van der Waals surface area contributed by atoms with Crippen molar-refractivity contribution in [2.24, 2.45) is 5.92 Å². The second kappa shape index (κ2) is 5.98. The average molecular weight is 294 g/mol. The minimum atomic E-state index is -0.334. The van der Waals surface area contributed by atoms with Crippen LogP contribution < -0.4 is 5.32 Å². The van der Waals surface area contributed by atoms with E-state index in [1.807, 2.05) is 13.8 Å². The standard InChI is InChI=1S/C11H20BrNO3/c1-8(2)9(12)10(14)13-6-11(15-3)4-5-16-7-11/h8-9H,4-7H2,1-3H3,(H,13,14). The maximum absolute atomic E-state index is 11.7. The van der Waals surface area contributed by atoms with Crippen LogP contribution in [0.2, 0.25) is 0 Å². The number of nitrogens with one attached hydrogen (secondary N) is 1. The quantitative estimate of drug-likeness (QED) is 0.778. The van der Waals surface area contributed by atoms with E-state index in [1.54, 1.807) is 7.11 Å². The molecule has 0 saturated carbocycles. The molecule has 94 valence electrons. The zero-order valence-electron chi connectivity index (χ0n) is 10.1. The lowest BCUT2D eigenvalue weighted by molar-refractivity contribution is -0.122. The van der Waals surface area contributed by atoms with Gasteiger partial charge in [0.2, 0.25) is 5.91 Å². The first-order chi connectivity index (χ1) is 7.51. The molecule has 0 aromatic carbocycles. The highest BCUT2D eigenvalue weighted by molar-refractivity contribution is 9.10. The van der Waals surface area contributed by atoms with Gasteiger partial charge in [0.1, 0.15) is 5.60 Å². The molecule has 2 atom stereocenters. The Bertz CT molecular complexity index is 239. The van der Waals surface area contributed by atoms with E-state index in [0.717, 1.165) is 6.42 Å². The van der Waals surface area contributed by atoms with E-state index in [2.05, 4.69) is 21.2 Å². The van der Waals surface area contributed by atoms with Crippen LogP contribution >= 0.6 is 15.9 Å². The molecule has 1 aliphatic rings. The Balaban J connectivity index is 2.41. The Labute approximate surface area is 105 Å². The molecular weight excluding hydrogens is 274 g/mol. The van der Waals surface area contributed by atoms with Crippen LogP contribution in [0.3, 0.4) is 0 Å². The molecule has 0 aromatic heterocycles. The van der Waals surface area contributed by atoms with E-state index in [1.165, 1.54) is 0 Å². The van der Waals surface area contributed by atoms with Crippen molar-refractivity contribution in [2.75, 3.05) is 26.9 Å². The Kier molecular flexibility index (Phi) is 5.21. The number of amides is 1. The molecule has 0 aliphatic carbocycles. The monoisotopic (exact) mass is 293 g/mol. The van der Waals surface area contributed by atoms with Crippen LogP contribution in [0.4, 0.5) is 0 Å². The molecule has 5 heteroatoms. The number of alkyl halides is 1. The molecule has 0 aromatic rings. The van der Waals surface area contributed by atoms with Crippen molar-refractivity contribution in [3.8, 4) is 0 Å². The number of hydrogen-bond acceptors (Lipinski definition) is 3. The summed E-state index contributed by atoms with van der Waals surface area (Å²) in [4.78, 5) is 11.6. The smallest absolute Gasteiger partial charge is 0.234 e. The molecule has 1 saturated heterocycles. The molecule has 1 aliphatic heterocycles. The molecular formula is C11H20BrNO3. The summed E-state index contributed by atoms with van der Waals surface area (Å²) < 4.78 is 10.7. The third-order valence-corrected chi connectivity index (χ3v) is 4.39. The Morgan fingerprint density at radius 1 is 1.62 bits per heavy atom. The van der Waals surface area contributed by atoms with Crippen LogP contribution in [0.25, 0.3) is 0 Å². The van der Waals surface area contributed by atoms with Gasteiger partial charge in [-0.3, -0.25) is 4.79 Å². The summed E-state index contributed by atoms with van der Waals surface area (Å²) in [7, 11) is 1.66. The first-order valence-corrected chi connectivity index (χ1v) is 6.47. The molecule has 1 heterocycles. The van der Waals surface area contributed by atoms with Crippen molar-refractivity contribution < 1.29 is 14.3 Å². The highest BCUT2D eigenvalue weighted by Crippen LogP contribution is 2.21. The third-order valence-electron chi connectivity index (χ3n) is 2.92. The topological polar surface area (TPSA) is 47.6 Å². The highest BCUT2D eigenvalue weighted by atomic mass is 79.9. The van der Waals surface area contributed by atoms with Gasteiger partial charge in [0, 0.05) is 26.7 Å². The minimum Gasteiger partial charge on any atom is -0.378 e. The average Bonchev–Trinajstić information content (AvgIpc) is 2.74. The number of methoxy groups -OCH3 is 1. The van der Waals surface area contributed by atoms with Crippen molar-refractivity contribution in [1.29, 1.82) is 0 Å². The van der Waals surface area contributed by atoms with Crippen LogP contribution in [0, 0.1) is 5.92 Å². The predicted octanol–water partition coefficient (Wildman–Crippen LogP) is 1.33. The molecule has 2 unspecified atom stereocenters. The number of rotatable bonds is 5. The summed E-state index contributed by atoms with van der Waals surface area (Å²) in [6, 6.07) is 0. The Morgan fingerprint density at radius 2 is 2.31 bits per heavy atom. The molecule has 0 bridgehead atoms. The van der Waals surface area contributed by atoms with Crippen LogP contribution in [-0.4, -0.2) is 43.2 Å². The largest absolute Gasteiger partial charge is 0.378 e. The van der Waals surface area contributed by atoms with E-state index in [9.17, 15) is 4.79 Å². The van der Waals surface area contributed by atoms with Crippen molar-refractivity contribution >= 4 is 21.8 Å². The highest BCUT2D eigenvalue weighted by Gasteiger charge is 2.35. The van der Waals surface area contributed by atoms with Gasteiger partial charge in [-0.05, 0) is 5.92 Å². The third kappa shape index (κ3) is 3.43. The second-order valence-corrected chi connectivity index (χ2v) is 5.54. The first-order valence-electron chi connectivity index (χ1n) is 5.55. The maximum atomic E-state index is 11.7. The molecule has 0 spiro atoms. The normalized spacial score (nSPS) is 27.1. The maximum Gasteiger partial charge on any atom is 0.234 e. The van der Waals surface area contributed by atoms with Gasteiger partial charge in [-0.15, -0.1) is 0 Å². The van der Waals surface area contributed by atoms with Gasteiger partial charge in [-0.1, -0.05) is 29.8 Å². The van der Waals surface area contributed by atoms with Crippen LogP contribution in [-0.2, 0) is 14.3 Å². The van der Waals surface area contributed by atoms with Crippen molar-refractivity contribution in [3.63, 3.8) is 0 Å². The number of hydrogen-bond donors (Lipinski definition) is 1. The van der Waals surface area contributed by atoms with Gasteiger partial charge in [-0.2, -0.15) is 0 Å². The van der Waals surface area contributed by atoms with Gasteiger partial charge in [0.25, 0.3) is 0 Å². The van der Waals surface area contributed by atoms with Crippen LogP contribution in [0.15, 0.2) is 0 Å². The molecule has 1 fully saturated rings. The molecule has 1 rings (SSSR count). The lowest BCUT2D eigenvalue weighted by atomic mass is 10.0. The number of carbonyl (C=O) groups excluding carboxylic acids is 1. The zero-order valence-corrected chi connectivity index (χ0v) is 11.7. The molecule has 4 nitrogen and oxygen atoms in total. The minimum absolute atomic E-state index is 0.0123. The van der Waals surface area contributed by atoms with Crippen molar-refractivity contribution in [3.05, 3.63) is 0 Å². The number of halogens is 1. The van der Waals surface area contributed by atoms with Gasteiger partial charge < -0.3 is 14.8 Å². The van der Waals surface area contributed by atoms with Gasteiger partial charge >= 0.3 is 0 Å². The zero-order chi connectivity index (χ0) is 12.2. The summed E-state index contributed by atoms with van der Waals surface area (Å²) in [5.41, 5.74) is -0.334. The fourth-order valence-electron chi connectivity index (χ4n) is 1.61. The van der Waals surface area contributed by atoms with Gasteiger partial charge in [0.15, 0.2) is 0 Å². The summed E-state index contributed by atoms with van der Waals surface area (Å²) in [5, 5.41) is 2.91. The lowest BCUT2D eigenvalue weighted by Gasteiger charge is -2.26. The Morgan fingerprint density at radius 3 is 2.75 bits per heavy atom. The van der Waals surface area contributed by atoms with Crippen molar-refractivity contribution in [1.82, 2.24) is 5.32 Å². The summed E-state index contributed by atoms with van der Waals surface area (Å²) in [5.74, 6) is 0.289. The molecule has 16 heavy (non-hydrogen) atoms. The lowest BCUT2D eigenvalue weighted by Crippen LogP contribution is -2.47. The fourth-order valence-corrected chi connectivity index (χ4v) is 1.77. The summed E-state index contributed by atoms with van der Waals surface area (Å²) in [6.45, 7) is 5.77. The first kappa shape index (κ1) is 13.9. The van der Waals surface area contributed by atoms with Crippen LogP contribution in [0.1, 0.15) is 20.3 Å². The van der Waals surface area contributed by atoms with E-state index in [-0.39, 0.29) is 22.3 Å². The van der Waals surface area contributed by atoms with E-state index < -0.39 is 0 Å². The molecule has 1 N–H and O–H groups in total. The van der Waals surface area contributed by atoms with Gasteiger partial charge in [-0.25, -0.2) is 0 Å².